The van der Waals surface area contributed by atoms with Gasteiger partial charge >= 0.3 is 5.97 Å². The Balaban J connectivity index is 1.60. The van der Waals surface area contributed by atoms with Crippen LogP contribution in [-0.2, 0) is 11.3 Å². The molecular formula is C16H22N4O3. The third kappa shape index (κ3) is 3.39. The summed E-state index contributed by atoms with van der Waals surface area (Å²) in [6.45, 7) is 4.81. The molecule has 0 aliphatic carbocycles. The van der Waals surface area contributed by atoms with Gasteiger partial charge in [-0.15, -0.1) is 0 Å². The molecule has 1 aliphatic heterocycles. The molecule has 0 unspecified atom stereocenters. The van der Waals surface area contributed by atoms with Crippen molar-refractivity contribution in [3.63, 3.8) is 0 Å². The molecule has 7 heteroatoms. The van der Waals surface area contributed by atoms with Crippen LogP contribution in [0.15, 0.2) is 29.0 Å². The van der Waals surface area contributed by atoms with Crippen LogP contribution in [0, 0.1) is 0 Å². The number of esters is 1. The number of nitrogens with two attached hydrogens (primary N) is 1. The minimum Gasteiger partial charge on any atom is -0.468 e. The summed E-state index contributed by atoms with van der Waals surface area (Å²) in [4.78, 5) is 14.2. The summed E-state index contributed by atoms with van der Waals surface area (Å²) in [5, 5.41) is 4.30. The summed E-state index contributed by atoms with van der Waals surface area (Å²) >= 11 is 0. The number of likely N-dealkylation sites (tertiary alicyclic amines) is 1. The Hall–Kier alpha value is -2.28. The van der Waals surface area contributed by atoms with Gasteiger partial charge in [0.25, 0.3) is 0 Å². The Kier molecular flexibility index (Phi) is 4.66. The van der Waals surface area contributed by atoms with Crippen molar-refractivity contribution in [2.45, 2.75) is 32.4 Å². The van der Waals surface area contributed by atoms with Crippen molar-refractivity contribution in [3.05, 3.63) is 35.9 Å². The molecule has 0 aromatic carbocycles. The van der Waals surface area contributed by atoms with Gasteiger partial charge in [0, 0.05) is 13.1 Å². The first kappa shape index (κ1) is 15.6. The lowest BCUT2D eigenvalue weighted by atomic mass is 10.0. The van der Waals surface area contributed by atoms with Crippen LogP contribution >= 0.6 is 0 Å². The lowest BCUT2D eigenvalue weighted by Gasteiger charge is -2.31. The van der Waals surface area contributed by atoms with E-state index in [1.54, 1.807) is 17.9 Å². The Labute approximate surface area is 135 Å². The Morgan fingerprint density at radius 3 is 2.91 bits per heavy atom. The first-order valence-corrected chi connectivity index (χ1v) is 7.94. The maximum Gasteiger partial charge on any atom is 0.343 e. The highest BCUT2D eigenvalue weighted by Crippen LogP contribution is 2.27. The topological polar surface area (TPSA) is 86.5 Å². The van der Waals surface area contributed by atoms with Crippen molar-refractivity contribution in [2.75, 3.05) is 25.4 Å². The van der Waals surface area contributed by atoms with Crippen LogP contribution in [0.1, 0.15) is 41.9 Å². The number of carbonyl (C=O) groups excluding carboxylic acids is 1. The maximum atomic E-state index is 11.8. The van der Waals surface area contributed by atoms with Gasteiger partial charge in [-0.2, -0.15) is 5.10 Å². The summed E-state index contributed by atoms with van der Waals surface area (Å²) in [6.07, 6.45) is 5.08. The van der Waals surface area contributed by atoms with Gasteiger partial charge in [0.15, 0.2) is 0 Å². The Morgan fingerprint density at radius 2 is 2.26 bits per heavy atom. The Morgan fingerprint density at radius 1 is 1.48 bits per heavy atom. The predicted octanol–water partition coefficient (Wildman–Crippen LogP) is 2.07. The average molecular weight is 318 g/mol. The van der Waals surface area contributed by atoms with Crippen LogP contribution in [0.4, 0.5) is 5.82 Å². The van der Waals surface area contributed by atoms with Crippen molar-refractivity contribution in [1.82, 2.24) is 14.7 Å². The monoisotopic (exact) mass is 318 g/mol. The van der Waals surface area contributed by atoms with Gasteiger partial charge < -0.3 is 14.9 Å². The summed E-state index contributed by atoms with van der Waals surface area (Å²) in [6, 6.07) is 4.11. The number of piperidine rings is 1. The average Bonchev–Trinajstić information content (AvgIpc) is 3.18. The lowest BCUT2D eigenvalue weighted by Crippen LogP contribution is -2.34. The maximum absolute atomic E-state index is 11.8. The molecule has 0 amide bonds. The van der Waals surface area contributed by atoms with Crippen LogP contribution < -0.4 is 5.73 Å². The van der Waals surface area contributed by atoms with E-state index in [0.717, 1.165) is 38.2 Å². The summed E-state index contributed by atoms with van der Waals surface area (Å²) in [7, 11) is 0. The van der Waals surface area contributed by atoms with E-state index in [1.165, 1.54) is 6.20 Å². The van der Waals surface area contributed by atoms with Gasteiger partial charge in [0.2, 0.25) is 0 Å². The number of hydrogen-bond acceptors (Lipinski definition) is 6. The molecule has 0 radical (unpaired) electrons. The second-order valence-corrected chi connectivity index (χ2v) is 5.70. The molecule has 0 saturated carbocycles. The molecule has 2 N–H and O–H groups in total. The number of rotatable bonds is 5. The molecule has 1 aliphatic rings. The fraction of sp³-hybridized carbons (Fsp3) is 0.500. The number of carbonyl (C=O) groups is 1. The fourth-order valence-corrected chi connectivity index (χ4v) is 2.97. The molecule has 2 aromatic rings. The highest BCUT2D eigenvalue weighted by atomic mass is 16.5. The number of ether oxygens (including phenoxy) is 1. The van der Waals surface area contributed by atoms with E-state index < -0.39 is 5.97 Å². The molecule has 1 saturated heterocycles. The molecule has 3 rings (SSSR count). The first-order valence-electron chi connectivity index (χ1n) is 7.94. The first-order chi connectivity index (χ1) is 11.2. The van der Waals surface area contributed by atoms with Gasteiger partial charge in [0.05, 0.1) is 31.7 Å². The molecule has 2 aromatic heterocycles. The van der Waals surface area contributed by atoms with Crippen molar-refractivity contribution in [2.24, 2.45) is 0 Å². The number of nitrogen functional groups attached to an aromatic ring is 1. The van der Waals surface area contributed by atoms with Gasteiger partial charge in [-0.05, 0) is 31.9 Å². The van der Waals surface area contributed by atoms with Crippen LogP contribution in [0.3, 0.4) is 0 Å². The van der Waals surface area contributed by atoms with Crippen LogP contribution in [0.25, 0.3) is 0 Å². The van der Waals surface area contributed by atoms with Crippen LogP contribution in [0.5, 0.6) is 0 Å². The standard InChI is InChI=1S/C16H22N4O3/c1-2-22-16(21)14-10-18-20(15(14)17)12-5-7-19(8-6-12)11-13-4-3-9-23-13/h3-4,9-10,12H,2,5-8,11,17H2,1H3. The second-order valence-electron chi connectivity index (χ2n) is 5.70. The minimum absolute atomic E-state index is 0.214. The van der Waals surface area contributed by atoms with Crippen molar-refractivity contribution in [3.8, 4) is 0 Å². The molecule has 7 nitrogen and oxygen atoms in total. The lowest BCUT2D eigenvalue weighted by molar-refractivity contribution is 0.0527. The number of aromatic nitrogens is 2. The highest BCUT2D eigenvalue weighted by molar-refractivity contribution is 5.94. The molecule has 0 spiro atoms. The summed E-state index contributed by atoms with van der Waals surface area (Å²) in [5.41, 5.74) is 6.43. The van der Waals surface area contributed by atoms with Crippen LogP contribution in [0.2, 0.25) is 0 Å². The molecule has 1 fully saturated rings. The third-order valence-electron chi connectivity index (χ3n) is 4.19. The normalized spacial score (nSPS) is 16.6. The quantitative estimate of drug-likeness (QED) is 0.849. The van der Waals surface area contributed by atoms with Crippen molar-refractivity contribution >= 4 is 11.8 Å². The van der Waals surface area contributed by atoms with E-state index in [0.29, 0.717) is 18.0 Å². The number of nitrogens with zero attached hydrogens (tertiary/aromatic N) is 3. The van der Waals surface area contributed by atoms with Gasteiger partial charge in [-0.3, -0.25) is 4.90 Å². The second kappa shape index (κ2) is 6.87. The van der Waals surface area contributed by atoms with E-state index in [4.69, 9.17) is 14.9 Å². The SMILES string of the molecule is CCOC(=O)c1cnn(C2CCN(Cc3ccco3)CC2)c1N. The van der Waals surface area contributed by atoms with Crippen molar-refractivity contribution in [1.29, 1.82) is 0 Å². The molecular weight excluding hydrogens is 296 g/mol. The Bertz CT molecular complexity index is 642. The van der Waals surface area contributed by atoms with E-state index in [9.17, 15) is 4.79 Å². The summed E-state index contributed by atoms with van der Waals surface area (Å²) < 4.78 is 12.1. The van der Waals surface area contributed by atoms with Crippen molar-refractivity contribution < 1.29 is 13.9 Å². The minimum atomic E-state index is -0.411. The number of anilines is 1. The van der Waals surface area contributed by atoms with E-state index in [-0.39, 0.29) is 6.04 Å². The summed E-state index contributed by atoms with van der Waals surface area (Å²) in [5.74, 6) is 0.964. The number of hydrogen-bond donors (Lipinski definition) is 1. The predicted molar refractivity (Wildman–Crippen MR) is 84.9 cm³/mol. The third-order valence-corrected chi connectivity index (χ3v) is 4.19. The largest absolute Gasteiger partial charge is 0.468 e. The van der Waals surface area contributed by atoms with E-state index >= 15 is 0 Å². The highest BCUT2D eigenvalue weighted by Gasteiger charge is 2.25. The van der Waals surface area contributed by atoms with E-state index in [2.05, 4.69) is 10.00 Å². The zero-order valence-corrected chi connectivity index (χ0v) is 13.3. The molecule has 0 bridgehead atoms. The zero-order chi connectivity index (χ0) is 16.2. The van der Waals surface area contributed by atoms with Crippen LogP contribution in [-0.4, -0.2) is 40.3 Å². The van der Waals surface area contributed by atoms with Gasteiger partial charge in [-0.25, -0.2) is 9.48 Å². The smallest absolute Gasteiger partial charge is 0.343 e. The van der Waals surface area contributed by atoms with Gasteiger partial charge in [-0.1, -0.05) is 0 Å². The molecule has 0 atom stereocenters. The fourth-order valence-electron chi connectivity index (χ4n) is 2.97. The van der Waals surface area contributed by atoms with Gasteiger partial charge in [0.1, 0.15) is 17.1 Å². The van der Waals surface area contributed by atoms with E-state index in [1.807, 2.05) is 12.1 Å². The zero-order valence-electron chi connectivity index (χ0n) is 13.3. The number of furan rings is 1. The molecule has 3 heterocycles. The molecule has 23 heavy (non-hydrogen) atoms. The molecule has 124 valence electrons.